The summed E-state index contributed by atoms with van der Waals surface area (Å²) in [5, 5.41) is 18.2. The molecule has 25 heavy (non-hydrogen) atoms. The van der Waals surface area contributed by atoms with Crippen LogP contribution in [0.1, 0.15) is 32.0 Å². The second-order valence-corrected chi connectivity index (χ2v) is 4.88. The standard InChI is InChI=1S/C18H11N3O4/c22-11-14-8-9-15(25-17-16(18(23)24)19-21-20-17)10-13(14)7-6-12-4-2-1-3-5-12/h1-5,8-11H,(H,23,24)(H,19,20,21). The van der Waals surface area contributed by atoms with Gasteiger partial charge in [-0.15, -0.1) is 5.10 Å². The molecule has 0 unspecified atom stereocenters. The lowest BCUT2D eigenvalue weighted by atomic mass is 10.1. The van der Waals surface area contributed by atoms with Crippen LogP contribution in [0.5, 0.6) is 11.6 Å². The van der Waals surface area contributed by atoms with Crippen LogP contribution in [-0.4, -0.2) is 32.8 Å². The Balaban J connectivity index is 1.93. The number of carboxylic acid groups (broad SMARTS) is 1. The summed E-state index contributed by atoms with van der Waals surface area (Å²) in [6.07, 6.45) is 0.694. The minimum absolute atomic E-state index is 0.103. The van der Waals surface area contributed by atoms with Crippen molar-refractivity contribution in [1.29, 1.82) is 0 Å². The lowest BCUT2D eigenvalue weighted by Crippen LogP contribution is -2.00. The van der Waals surface area contributed by atoms with Gasteiger partial charge >= 0.3 is 5.97 Å². The van der Waals surface area contributed by atoms with E-state index < -0.39 is 5.97 Å². The number of aldehydes is 1. The molecule has 3 aromatic rings. The van der Waals surface area contributed by atoms with E-state index in [2.05, 4.69) is 27.3 Å². The molecular weight excluding hydrogens is 322 g/mol. The maximum absolute atomic E-state index is 11.2. The molecule has 1 heterocycles. The van der Waals surface area contributed by atoms with E-state index in [-0.39, 0.29) is 11.6 Å². The number of nitrogens with zero attached hydrogens (tertiary/aromatic N) is 2. The Kier molecular flexibility index (Phi) is 4.53. The molecule has 7 heteroatoms. The molecule has 0 aliphatic heterocycles. The quantitative estimate of drug-likeness (QED) is 0.561. The zero-order valence-electron chi connectivity index (χ0n) is 12.8. The van der Waals surface area contributed by atoms with Gasteiger partial charge in [0.15, 0.2) is 6.29 Å². The summed E-state index contributed by atoms with van der Waals surface area (Å²) in [6.45, 7) is 0. The van der Waals surface area contributed by atoms with Gasteiger partial charge in [0.25, 0.3) is 5.88 Å². The molecule has 0 atom stereocenters. The molecule has 0 saturated heterocycles. The minimum atomic E-state index is -1.27. The number of H-pyrrole nitrogens is 1. The molecule has 2 N–H and O–H groups in total. The largest absolute Gasteiger partial charge is 0.476 e. The maximum atomic E-state index is 11.2. The third-order valence-corrected chi connectivity index (χ3v) is 3.21. The van der Waals surface area contributed by atoms with Gasteiger partial charge in [0.05, 0.1) is 0 Å². The second kappa shape index (κ2) is 7.10. The average Bonchev–Trinajstić information content (AvgIpc) is 3.09. The molecule has 2 aromatic carbocycles. The van der Waals surface area contributed by atoms with E-state index in [4.69, 9.17) is 9.84 Å². The highest BCUT2D eigenvalue weighted by molar-refractivity contribution is 5.87. The highest BCUT2D eigenvalue weighted by Crippen LogP contribution is 2.23. The summed E-state index contributed by atoms with van der Waals surface area (Å²) in [4.78, 5) is 22.2. The Morgan fingerprint density at radius 3 is 2.68 bits per heavy atom. The predicted octanol–water partition coefficient (Wildman–Crippen LogP) is 2.51. The molecule has 7 nitrogen and oxygen atoms in total. The molecule has 0 bridgehead atoms. The number of aromatic nitrogens is 3. The van der Waals surface area contributed by atoms with E-state index in [1.54, 1.807) is 12.1 Å². The predicted molar refractivity (Wildman–Crippen MR) is 87.7 cm³/mol. The van der Waals surface area contributed by atoms with Crippen molar-refractivity contribution >= 4 is 12.3 Å². The third kappa shape index (κ3) is 3.71. The molecule has 3 rings (SSSR count). The molecule has 122 valence electrons. The normalized spacial score (nSPS) is 9.76. The fraction of sp³-hybridized carbons (Fsp3) is 0. The van der Waals surface area contributed by atoms with Gasteiger partial charge in [0, 0.05) is 16.7 Å². The number of hydrogen-bond donors (Lipinski definition) is 2. The van der Waals surface area contributed by atoms with E-state index in [1.807, 2.05) is 30.3 Å². The van der Waals surface area contributed by atoms with Gasteiger partial charge < -0.3 is 9.84 Å². The monoisotopic (exact) mass is 333 g/mol. The van der Waals surface area contributed by atoms with Crippen molar-refractivity contribution in [1.82, 2.24) is 15.4 Å². The van der Waals surface area contributed by atoms with Crippen molar-refractivity contribution in [3.8, 4) is 23.5 Å². The fourth-order valence-electron chi connectivity index (χ4n) is 2.02. The van der Waals surface area contributed by atoms with Crippen LogP contribution >= 0.6 is 0 Å². The van der Waals surface area contributed by atoms with Gasteiger partial charge in [-0.2, -0.15) is 0 Å². The van der Waals surface area contributed by atoms with Crippen LogP contribution in [-0.2, 0) is 0 Å². The highest BCUT2D eigenvalue weighted by atomic mass is 16.5. The topological polar surface area (TPSA) is 105 Å². The number of aromatic carboxylic acids is 1. The van der Waals surface area contributed by atoms with Crippen LogP contribution in [0.4, 0.5) is 0 Å². The van der Waals surface area contributed by atoms with Crippen LogP contribution in [0.15, 0.2) is 48.5 Å². The van der Waals surface area contributed by atoms with Crippen LogP contribution in [0.25, 0.3) is 0 Å². The van der Waals surface area contributed by atoms with Gasteiger partial charge in [-0.05, 0) is 30.3 Å². The van der Waals surface area contributed by atoms with Crippen molar-refractivity contribution in [2.75, 3.05) is 0 Å². The van der Waals surface area contributed by atoms with Gasteiger partial charge in [0.1, 0.15) is 5.75 Å². The van der Waals surface area contributed by atoms with Crippen molar-refractivity contribution in [3.63, 3.8) is 0 Å². The lowest BCUT2D eigenvalue weighted by molar-refractivity contribution is 0.0687. The van der Waals surface area contributed by atoms with E-state index in [9.17, 15) is 9.59 Å². The van der Waals surface area contributed by atoms with E-state index in [0.717, 1.165) is 5.56 Å². The molecule has 1 aromatic heterocycles. The first-order valence-electron chi connectivity index (χ1n) is 7.16. The number of aromatic amines is 1. The first-order chi connectivity index (χ1) is 12.2. The number of hydrogen-bond acceptors (Lipinski definition) is 5. The summed E-state index contributed by atoms with van der Waals surface area (Å²) < 4.78 is 5.46. The number of carbonyl (C=O) groups is 2. The van der Waals surface area contributed by atoms with Crippen LogP contribution in [0.2, 0.25) is 0 Å². The molecule has 0 radical (unpaired) electrons. The number of ether oxygens (including phenoxy) is 1. The zero-order valence-corrected chi connectivity index (χ0v) is 12.8. The molecule has 0 spiro atoms. The Labute approximate surface area is 142 Å². The highest BCUT2D eigenvalue weighted by Gasteiger charge is 2.17. The summed E-state index contributed by atoms with van der Waals surface area (Å²) in [6, 6.07) is 13.9. The summed E-state index contributed by atoms with van der Waals surface area (Å²) in [5.74, 6) is 4.81. The molecule has 0 aliphatic rings. The Morgan fingerprint density at radius 1 is 1.16 bits per heavy atom. The van der Waals surface area contributed by atoms with E-state index >= 15 is 0 Å². The van der Waals surface area contributed by atoms with Crippen LogP contribution < -0.4 is 4.74 Å². The number of carboxylic acids is 1. The zero-order chi connectivity index (χ0) is 17.6. The maximum Gasteiger partial charge on any atom is 0.362 e. The number of benzene rings is 2. The molecular formula is C18H11N3O4. The summed E-state index contributed by atoms with van der Waals surface area (Å²) >= 11 is 0. The second-order valence-electron chi connectivity index (χ2n) is 4.88. The van der Waals surface area contributed by atoms with Gasteiger partial charge in [-0.3, -0.25) is 4.79 Å². The number of rotatable bonds is 4. The molecule has 0 saturated carbocycles. The first kappa shape index (κ1) is 16.0. The van der Waals surface area contributed by atoms with E-state index in [0.29, 0.717) is 23.2 Å². The first-order valence-corrected chi connectivity index (χ1v) is 7.16. The molecule has 0 amide bonds. The lowest BCUT2D eigenvalue weighted by Gasteiger charge is -2.05. The van der Waals surface area contributed by atoms with Crippen LogP contribution in [0, 0.1) is 11.8 Å². The summed E-state index contributed by atoms with van der Waals surface area (Å²) in [7, 11) is 0. The fourth-order valence-corrected chi connectivity index (χ4v) is 2.02. The Hall–Kier alpha value is -3.92. The van der Waals surface area contributed by atoms with Crippen LogP contribution in [0.3, 0.4) is 0 Å². The molecule has 0 fully saturated rings. The summed E-state index contributed by atoms with van der Waals surface area (Å²) in [5.41, 5.74) is 1.32. The van der Waals surface area contributed by atoms with Gasteiger partial charge in [0.2, 0.25) is 5.69 Å². The van der Waals surface area contributed by atoms with Crippen molar-refractivity contribution in [2.45, 2.75) is 0 Å². The van der Waals surface area contributed by atoms with Crippen molar-refractivity contribution in [2.24, 2.45) is 0 Å². The SMILES string of the molecule is O=Cc1ccc(Oc2[nH]nnc2C(=O)O)cc1C#Cc1ccccc1. The molecule has 0 aliphatic carbocycles. The number of carbonyl (C=O) groups excluding carboxylic acids is 1. The third-order valence-electron chi connectivity index (χ3n) is 3.21. The van der Waals surface area contributed by atoms with Crippen molar-refractivity contribution < 1.29 is 19.4 Å². The van der Waals surface area contributed by atoms with E-state index in [1.165, 1.54) is 6.07 Å². The average molecular weight is 333 g/mol. The van der Waals surface area contributed by atoms with Crippen molar-refractivity contribution in [3.05, 3.63) is 70.9 Å². The van der Waals surface area contributed by atoms with Gasteiger partial charge in [-0.1, -0.05) is 35.3 Å². The van der Waals surface area contributed by atoms with Gasteiger partial charge in [-0.25, -0.2) is 9.89 Å². The smallest absolute Gasteiger partial charge is 0.362 e. The Bertz CT molecular complexity index is 984. The minimum Gasteiger partial charge on any atom is -0.476 e. The Morgan fingerprint density at radius 2 is 1.96 bits per heavy atom. The number of nitrogens with one attached hydrogen (secondary N) is 1.